The summed E-state index contributed by atoms with van der Waals surface area (Å²) in [4.78, 5) is 9.34. The van der Waals surface area contributed by atoms with Crippen molar-refractivity contribution in [2.75, 3.05) is 11.6 Å². The summed E-state index contributed by atoms with van der Waals surface area (Å²) in [5.74, 6) is 0.754. The lowest BCUT2D eigenvalue weighted by Gasteiger charge is -2.11. The Kier molecular flexibility index (Phi) is 4.90. The van der Waals surface area contributed by atoms with Crippen LogP contribution in [-0.4, -0.2) is 25.5 Å². The third-order valence-corrected chi connectivity index (χ3v) is 6.26. The van der Waals surface area contributed by atoms with Gasteiger partial charge in [0.1, 0.15) is 17.9 Å². The molecule has 0 amide bonds. The van der Waals surface area contributed by atoms with Crippen LogP contribution in [0, 0.1) is 6.92 Å². The van der Waals surface area contributed by atoms with E-state index in [0.29, 0.717) is 16.4 Å². The molecule has 0 fully saturated rings. The molecule has 0 spiro atoms. The molecule has 0 aliphatic heterocycles. The van der Waals surface area contributed by atoms with Crippen molar-refractivity contribution in [2.45, 2.75) is 11.8 Å². The Balaban J connectivity index is 1.80. The van der Waals surface area contributed by atoms with E-state index in [1.165, 1.54) is 6.33 Å². The molecule has 0 saturated heterocycles. The van der Waals surface area contributed by atoms with Gasteiger partial charge < -0.3 is 10.4 Å². The summed E-state index contributed by atoms with van der Waals surface area (Å²) < 4.78 is 17.6. The minimum absolute atomic E-state index is 0.167. The van der Waals surface area contributed by atoms with Gasteiger partial charge in [0.25, 0.3) is 0 Å². The second-order valence-electron chi connectivity index (χ2n) is 6.75. The number of phenolic OH excluding ortho intramolecular Hbond substituents is 1. The lowest BCUT2D eigenvalue weighted by Crippen LogP contribution is -1.98. The van der Waals surface area contributed by atoms with Gasteiger partial charge in [-0.15, -0.1) is 0 Å². The topological polar surface area (TPSA) is 87.5 Å². The van der Waals surface area contributed by atoms with Gasteiger partial charge in [-0.25, -0.2) is 14.2 Å². The van der Waals surface area contributed by atoms with Crippen molar-refractivity contribution in [3.63, 3.8) is 0 Å². The molecule has 4 aromatic rings. The molecule has 0 radical (unpaired) electrons. The lowest BCUT2D eigenvalue weighted by atomic mass is 10.1. The number of phenols is 1. The molecule has 0 aliphatic carbocycles. The molecule has 146 valence electrons. The van der Waals surface area contributed by atoms with E-state index in [1.54, 1.807) is 24.5 Å². The number of nitrogens with zero attached hydrogens (tertiary/aromatic N) is 3. The highest BCUT2D eigenvalue weighted by Crippen LogP contribution is 2.30. The first-order valence-electron chi connectivity index (χ1n) is 9.01. The smallest absolute Gasteiger partial charge is 0.141 e. The zero-order valence-electron chi connectivity index (χ0n) is 16.0. The Morgan fingerprint density at radius 2 is 1.79 bits per heavy atom. The van der Waals surface area contributed by atoms with Gasteiger partial charge in [0.15, 0.2) is 0 Å². The Morgan fingerprint density at radius 1 is 1.00 bits per heavy atom. The lowest BCUT2D eigenvalue weighted by molar-refractivity contribution is 0.475. The Labute approximate surface area is 169 Å². The van der Waals surface area contributed by atoms with E-state index in [-0.39, 0.29) is 5.75 Å². The van der Waals surface area contributed by atoms with Crippen molar-refractivity contribution in [3.8, 4) is 5.75 Å². The van der Waals surface area contributed by atoms with E-state index in [0.717, 1.165) is 22.2 Å². The fourth-order valence-electron chi connectivity index (χ4n) is 3.00. The van der Waals surface area contributed by atoms with Crippen LogP contribution in [0.5, 0.6) is 5.75 Å². The van der Waals surface area contributed by atoms with Crippen molar-refractivity contribution in [2.24, 2.45) is 4.36 Å². The molecule has 0 unspecified atom stereocenters. The Hall–Kier alpha value is -3.45. The van der Waals surface area contributed by atoms with Crippen LogP contribution in [-0.2, 0) is 9.73 Å². The van der Waals surface area contributed by atoms with Gasteiger partial charge in [-0.2, -0.15) is 4.36 Å². The monoisotopic (exact) mass is 404 g/mol. The van der Waals surface area contributed by atoms with Crippen molar-refractivity contribution < 1.29 is 9.32 Å². The summed E-state index contributed by atoms with van der Waals surface area (Å²) in [6, 6.07) is 19.8. The van der Waals surface area contributed by atoms with Gasteiger partial charge in [-0.3, -0.25) is 0 Å². The van der Waals surface area contributed by atoms with E-state index in [2.05, 4.69) is 19.6 Å². The molecule has 0 saturated carbocycles. The maximum absolute atomic E-state index is 13.1. The summed E-state index contributed by atoms with van der Waals surface area (Å²) in [5, 5.41) is 13.8. The highest BCUT2D eigenvalue weighted by molar-refractivity contribution is 7.93. The number of aryl methyl sites for hydroxylation is 1. The minimum Gasteiger partial charge on any atom is -0.508 e. The van der Waals surface area contributed by atoms with Gasteiger partial charge in [-0.05, 0) is 48.9 Å². The molecule has 6 nitrogen and oxygen atoms in total. The highest BCUT2D eigenvalue weighted by Gasteiger charge is 2.10. The quantitative estimate of drug-likeness (QED) is 0.490. The molecule has 29 heavy (non-hydrogen) atoms. The number of hydrogen-bond acceptors (Lipinski definition) is 6. The van der Waals surface area contributed by atoms with Gasteiger partial charge in [-0.1, -0.05) is 24.3 Å². The molecule has 2 N–H and O–H groups in total. The van der Waals surface area contributed by atoms with E-state index >= 15 is 0 Å². The van der Waals surface area contributed by atoms with Crippen molar-refractivity contribution >= 4 is 37.8 Å². The number of hydrogen-bond donors (Lipinski definition) is 2. The predicted octanol–water partition coefficient (Wildman–Crippen LogP) is 5.18. The maximum Gasteiger partial charge on any atom is 0.141 e. The van der Waals surface area contributed by atoms with Crippen LogP contribution in [0.4, 0.5) is 17.2 Å². The average Bonchev–Trinajstić information content (AvgIpc) is 2.71. The molecule has 0 bridgehead atoms. The summed E-state index contributed by atoms with van der Waals surface area (Å²) in [7, 11) is -2.59. The van der Waals surface area contributed by atoms with Crippen molar-refractivity contribution in [1.82, 2.24) is 9.97 Å². The number of benzene rings is 3. The molecule has 1 aromatic heterocycles. The largest absolute Gasteiger partial charge is 0.508 e. The molecule has 7 heteroatoms. The first kappa shape index (κ1) is 18.9. The fourth-order valence-corrected chi connectivity index (χ4v) is 4.28. The van der Waals surface area contributed by atoms with E-state index in [9.17, 15) is 9.32 Å². The molecule has 3 aromatic carbocycles. The second kappa shape index (κ2) is 7.52. The minimum atomic E-state index is -2.59. The Morgan fingerprint density at radius 3 is 2.59 bits per heavy atom. The van der Waals surface area contributed by atoms with E-state index in [1.807, 2.05) is 55.5 Å². The van der Waals surface area contributed by atoms with Crippen molar-refractivity contribution in [1.29, 1.82) is 0 Å². The van der Waals surface area contributed by atoms with Crippen LogP contribution in [0.25, 0.3) is 10.9 Å². The molecular formula is C22H20N4O2S. The van der Waals surface area contributed by atoms with Crippen LogP contribution < -0.4 is 5.32 Å². The molecular weight excluding hydrogens is 384 g/mol. The number of rotatable bonds is 4. The molecule has 1 heterocycles. The van der Waals surface area contributed by atoms with Crippen LogP contribution in [0.1, 0.15) is 5.56 Å². The van der Waals surface area contributed by atoms with Gasteiger partial charge in [0.05, 0.1) is 20.9 Å². The summed E-state index contributed by atoms with van der Waals surface area (Å²) in [6.07, 6.45) is 3.11. The maximum atomic E-state index is 13.1. The molecule has 0 aliphatic rings. The number of fused-ring (bicyclic) bond motifs is 1. The molecule has 1 atom stereocenters. The van der Waals surface area contributed by atoms with E-state index < -0.39 is 9.73 Å². The zero-order valence-corrected chi connectivity index (χ0v) is 16.9. The summed E-state index contributed by atoms with van der Waals surface area (Å²) in [5.41, 5.74) is 3.04. The van der Waals surface area contributed by atoms with Gasteiger partial charge in [0, 0.05) is 28.3 Å². The average molecular weight is 404 g/mol. The first-order chi connectivity index (χ1) is 13.9. The van der Waals surface area contributed by atoms with Crippen molar-refractivity contribution in [3.05, 3.63) is 78.6 Å². The Bertz CT molecular complexity index is 1310. The summed E-state index contributed by atoms with van der Waals surface area (Å²) >= 11 is 0. The third kappa shape index (κ3) is 4.05. The standard InChI is InChI=1S/C22H20N4O2S/c1-15-8-10-17(27)13-21(15)25-22-19-12-16(9-11-20(19)23-14-24-22)26-29(2,28)18-6-4-3-5-7-18/h3-14,27H,1-2H3,(H,23,24,25)/t29-/m1/s1. The zero-order chi connectivity index (χ0) is 20.4. The fraction of sp³-hybridized carbons (Fsp3) is 0.0909. The number of anilines is 2. The van der Waals surface area contributed by atoms with Crippen LogP contribution in [0.15, 0.2) is 82.3 Å². The summed E-state index contributed by atoms with van der Waals surface area (Å²) in [6.45, 7) is 1.94. The second-order valence-corrected chi connectivity index (χ2v) is 9.01. The predicted molar refractivity (Wildman–Crippen MR) is 117 cm³/mol. The normalized spacial score (nSPS) is 13.0. The SMILES string of the molecule is Cc1ccc(O)cc1Nc1ncnc2ccc(N=[S@](C)(=O)c3ccccc3)cc12. The van der Waals surface area contributed by atoms with E-state index in [4.69, 9.17) is 0 Å². The first-order valence-corrected chi connectivity index (χ1v) is 10.9. The third-order valence-electron chi connectivity index (χ3n) is 4.55. The van der Waals surface area contributed by atoms with Gasteiger partial charge in [0.2, 0.25) is 0 Å². The molecule has 4 rings (SSSR count). The number of aromatic nitrogens is 2. The van der Waals surface area contributed by atoms with Crippen LogP contribution >= 0.6 is 0 Å². The number of aromatic hydroxyl groups is 1. The van der Waals surface area contributed by atoms with Gasteiger partial charge >= 0.3 is 0 Å². The van der Waals surface area contributed by atoms with Crippen LogP contribution in [0.3, 0.4) is 0 Å². The highest BCUT2D eigenvalue weighted by atomic mass is 32.2. The number of nitrogens with one attached hydrogen (secondary N) is 1. The van der Waals surface area contributed by atoms with Crippen LogP contribution in [0.2, 0.25) is 0 Å².